The summed E-state index contributed by atoms with van der Waals surface area (Å²) in [4.78, 5) is 28.9. The molecule has 0 fully saturated rings. The Bertz CT molecular complexity index is 1180. The number of fused-ring (bicyclic) bond motifs is 1. The van der Waals surface area contributed by atoms with Gasteiger partial charge in [0.2, 0.25) is 11.9 Å². The Balaban J connectivity index is 1.57. The fraction of sp³-hybridized carbons (Fsp3) is 0.100. The molecule has 7 heteroatoms. The third kappa shape index (κ3) is 3.35. The number of aromatic nitrogens is 4. The van der Waals surface area contributed by atoms with E-state index in [0.29, 0.717) is 22.7 Å². The first-order valence-corrected chi connectivity index (χ1v) is 8.46. The van der Waals surface area contributed by atoms with Gasteiger partial charge in [0.15, 0.2) is 11.3 Å². The van der Waals surface area contributed by atoms with Gasteiger partial charge >= 0.3 is 0 Å². The minimum atomic E-state index is -0.251. The standard InChI is InChI=1S/C20H17N5O2/c1-24-20(22-19(23-24)14-7-3-2-4-8-14)21-18(27)13-25-12-11-17(26)15-9-5-6-10-16(15)25/h2-12H,13H2,1H3,(H,21,22,23,27). The number of para-hydroxylation sites is 1. The zero-order valence-electron chi connectivity index (χ0n) is 14.7. The number of amides is 1. The van der Waals surface area contributed by atoms with Gasteiger partial charge in [-0.25, -0.2) is 4.68 Å². The Morgan fingerprint density at radius 1 is 1.04 bits per heavy atom. The number of nitrogens with one attached hydrogen (secondary N) is 1. The highest BCUT2D eigenvalue weighted by molar-refractivity contribution is 5.90. The van der Waals surface area contributed by atoms with Crippen molar-refractivity contribution in [2.24, 2.45) is 7.05 Å². The van der Waals surface area contributed by atoms with Crippen LogP contribution in [0.4, 0.5) is 5.95 Å². The minimum Gasteiger partial charge on any atom is -0.338 e. The molecular weight excluding hydrogens is 342 g/mol. The van der Waals surface area contributed by atoms with Crippen molar-refractivity contribution in [3.8, 4) is 11.4 Å². The van der Waals surface area contributed by atoms with E-state index >= 15 is 0 Å². The van der Waals surface area contributed by atoms with Crippen molar-refractivity contribution >= 4 is 22.8 Å². The Hall–Kier alpha value is -3.74. The molecule has 27 heavy (non-hydrogen) atoms. The van der Waals surface area contributed by atoms with Crippen LogP contribution in [-0.2, 0) is 18.4 Å². The fourth-order valence-electron chi connectivity index (χ4n) is 2.92. The van der Waals surface area contributed by atoms with E-state index in [4.69, 9.17) is 0 Å². The number of carbonyl (C=O) groups is 1. The van der Waals surface area contributed by atoms with Gasteiger partial charge < -0.3 is 4.57 Å². The number of anilines is 1. The summed E-state index contributed by atoms with van der Waals surface area (Å²) in [6.45, 7) is 0.0638. The first-order valence-electron chi connectivity index (χ1n) is 8.46. The lowest BCUT2D eigenvalue weighted by Gasteiger charge is -2.10. The summed E-state index contributed by atoms with van der Waals surface area (Å²) in [5.74, 6) is 0.658. The maximum Gasteiger partial charge on any atom is 0.246 e. The predicted octanol–water partition coefficient (Wildman–Crippen LogP) is 2.44. The molecule has 0 unspecified atom stereocenters. The third-order valence-electron chi connectivity index (χ3n) is 4.25. The monoisotopic (exact) mass is 359 g/mol. The Kier molecular flexibility index (Phi) is 4.25. The van der Waals surface area contributed by atoms with E-state index < -0.39 is 0 Å². The van der Waals surface area contributed by atoms with Crippen LogP contribution in [0.1, 0.15) is 0 Å². The quantitative estimate of drug-likeness (QED) is 0.607. The van der Waals surface area contributed by atoms with E-state index in [1.807, 2.05) is 42.5 Å². The summed E-state index contributed by atoms with van der Waals surface area (Å²) in [5, 5.41) is 7.71. The molecule has 0 spiro atoms. The van der Waals surface area contributed by atoms with Gasteiger partial charge in [-0.1, -0.05) is 42.5 Å². The second-order valence-electron chi connectivity index (χ2n) is 6.12. The normalized spacial score (nSPS) is 10.9. The molecule has 1 amide bonds. The van der Waals surface area contributed by atoms with Crippen LogP contribution < -0.4 is 10.7 Å². The molecule has 2 aromatic heterocycles. The lowest BCUT2D eigenvalue weighted by atomic mass is 10.2. The van der Waals surface area contributed by atoms with E-state index in [1.54, 1.807) is 29.9 Å². The van der Waals surface area contributed by atoms with Crippen molar-refractivity contribution in [3.05, 3.63) is 77.1 Å². The second-order valence-corrected chi connectivity index (χ2v) is 6.12. The fourth-order valence-corrected chi connectivity index (χ4v) is 2.92. The highest BCUT2D eigenvalue weighted by Crippen LogP contribution is 2.17. The molecule has 134 valence electrons. The Morgan fingerprint density at radius 3 is 2.59 bits per heavy atom. The molecule has 0 atom stereocenters. The van der Waals surface area contributed by atoms with Gasteiger partial charge in [0, 0.05) is 30.3 Å². The smallest absolute Gasteiger partial charge is 0.246 e. The molecule has 0 aliphatic heterocycles. The summed E-state index contributed by atoms with van der Waals surface area (Å²) in [5.41, 5.74) is 1.52. The summed E-state index contributed by atoms with van der Waals surface area (Å²) >= 11 is 0. The molecule has 2 heterocycles. The highest BCUT2D eigenvalue weighted by Gasteiger charge is 2.13. The largest absolute Gasteiger partial charge is 0.338 e. The molecule has 0 saturated heterocycles. The number of carbonyl (C=O) groups excluding carboxylic acids is 1. The van der Waals surface area contributed by atoms with Crippen LogP contribution in [0.25, 0.3) is 22.3 Å². The summed E-state index contributed by atoms with van der Waals surface area (Å²) in [7, 11) is 1.73. The number of aryl methyl sites for hydroxylation is 1. The summed E-state index contributed by atoms with van der Waals surface area (Å²) < 4.78 is 3.27. The molecule has 0 bridgehead atoms. The van der Waals surface area contributed by atoms with Crippen molar-refractivity contribution in [1.29, 1.82) is 0 Å². The Labute approximate surface area is 154 Å². The van der Waals surface area contributed by atoms with E-state index in [2.05, 4.69) is 15.4 Å². The van der Waals surface area contributed by atoms with Crippen LogP contribution in [0, 0.1) is 0 Å². The molecule has 0 saturated carbocycles. The van der Waals surface area contributed by atoms with Crippen LogP contribution in [0.3, 0.4) is 0 Å². The molecule has 0 radical (unpaired) electrons. The van der Waals surface area contributed by atoms with Gasteiger partial charge in [0.1, 0.15) is 6.54 Å². The molecule has 7 nitrogen and oxygen atoms in total. The average Bonchev–Trinajstić information content (AvgIpc) is 3.05. The van der Waals surface area contributed by atoms with Crippen LogP contribution in [-0.4, -0.2) is 25.2 Å². The molecular formula is C20H17N5O2. The van der Waals surface area contributed by atoms with Gasteiger partial charge in [-0.15, -0.1) is 5.10 Å². The van der Waals surface area contributed by atoms with Gasteiger partial charge in [0.05, 0.1) is 5.52 Å². The van der Waals surface area contributed by atoms with Crippen molar-refractivity contribution in [2.45, 2.75) is 6.54 Å². The molecule has 4 rings (SSSR count). The number of rotatable bonds is 4. The van der Waals surface area contributed by atoms with E-state index in [9.17, 15) is 9.59 Å². The Morgan fingerprint density at radius 2 is 1.78 bits per heavy atom. The maximum absolute atomic E-state index is 12.5. The van der Waals surface area contributed by atoms with Gasteiger partial charge in [-0.05, 0) is 12.1 Å². The SMILES string of the molecule is Cn1nc(-c2ccccc2)nc1NC(=O)Cn1ccc(=O)c2ccccc21. The van der Waals surface area contributed by atoms with E-state index in [0.717, 1.165) is 5.56 Å². The molecule has 0 aliphatic rings. The van der Waals surface area contributed by atoms with Crippen LogP contribution in [0.15, 0.2) is 71.7 Å². The highest BCUT2D eigenvalue weighted by atomic mass is 16.2. The van der Waals surface area contributed by atoms with Crippen LogP contribution >= 0.6 is 0 Å². The van der Waals surface area contributed by atoms with Gasteiger partial charge in [-0.3, -0.25) is 14.9 Å². The summed E-state index contributed by atoms with van der Waals surface area (Å²) in [6.07, 6.45) is 1.62. The van der Waals surface area contributed by atoms with Crippen LogP contribution in [0.2, 0.25) is 0 Å². The lowest BCUT2D eigenvalue weighted by molar-refractivity contribution is -0.116. The minimum absolute atomic E-state index is 0.0638. The first-order chi connectivity index (χ1) is 13.1. The number of pyridine rings is 1. The zero-order chi connectivity index (χ0) is 18.8. The topological polar surface area (TPSA) is 81.8 Å². The number of hydrogen-bond donors (Lipinski definition) is 1. The van der Waals surface area contributed by atoms with E-state index in [-0.39, 0.29) is 17.9 Å². The first kappa shape index (κ1) is 16.7. The maximum atomic E-state index is 12.5. The van der Waals surface area contributed by atoms with Crippen molar-refractivity contribution in [3.63, 3.8) is 0 Å². The number of benzene rings is 2. The molecule has 2 aromatic carbocycles. The van der Waals surface area contributed by atoms with Crippen molar-refractivity contribution in [1.82, 2.24) is 19.3 Å². The van der Waals surface area contributed by atoms with Crippen molar-refractivity contribution in [2.75, 3.05) is 5.32 Å². The van der Waals surface area contributed by atoms with Crippen LogP contribution in [0.5, 0.6) is 0 Å². The summed E-state index contributed by atoms with van der Waals surface area (Å²) in [6, 6.07) is 18.2. The average molecular weight is 359 g/mol. The molecule has 0 aliphatic carbocycles. The predicted molar refractivity (Wildman–Crippen MR) is 103 cm³/mol. The molecule has 4 aromatic rings. The molecule has 1 N–H and O–H groups in total. The number of hydrogen-bond acceptors (Lipinski definition) is 4. The van der Waals surface area contributed by atoms with Crippen molar-refractivity contribution < 1.29 is 4.79 Å². The van der Waals surface area contributed by atoms with Gasteiger partial charge in [-0.2, -0.15) is 4.98 Å². The lowest BCUT2D eigenvalue weighted by Crippen LogP contribution is -2.22. The number of nitrogens with zero attached hydrogens (tertiary/aromatic N) is 4. The van der Waals surface area contributed by atoms with E-state index in [1.165, 1.54) is 10.7 Å². The second kappa shape index (κ2) is 6.87. The van der Waals surface area contributed by atoms with Gasteiger partial charge in [0.25, 0.3) is 0 Å². The zero-order valence-corrected chi connectivity index (χ0v) is 14.7. The third-order valence-corrected chi connectivity index (χ3v) is 4.25.